The summed E-state index contributed by atoms with van der Waals surface area (Å²) in [6.07, 6.45) is 9.45. The first-order valence-electron chi connectivity index (χ1n) is 6.96. The van der Waals surface area contributed by atoms with Crippen molar-refractivity contribution < 1.29 is 0 Å². The van der Waals surface area contributed by atoms with Crippen molar-refractivity contribution in [2.24, 2.45) is 0 Å². The quantitative estimate of drug-likeness (QED) is 0.742. The van der Waals surface area contributed by atoms with E-state index in [0.29, 0.717) is 11.1 Å². The minimum Gasteiger partial charge on any atom is -0.0797 e. The molecule has 0 saturated carbocycles. The summed E-state index contributed by atoms with van der Waals surface area (Å²) in [6.45, 7) is 0. The van der Waals surface area contributed by atoms with Gasteiger partial charge in [-0.25, -0.2) is 0 Å². The van der Waals surface area contributed by atoms with E-state index in [4.69, 9.17) is 0 Å². The minimum absolute atomic E-state index is 0. The van der Waals surface area contributed by atoms with E-state index >= 15 is 0 Å². The molecule has 0 spiro atoms. The standard InChI is InChI=1S/C18H16Si.Na/c1-3-7-15-13(5-1)9-11-17(15)19-18-12-10-14-6-2-4-8-16(14)18;/h1-12,17-18H,19H2;. The first-order valence-corrected chi connectivity index (χ1v) is 8.59. The topological polar surface area (TPSA) is 0 Å². The molecule has 0 bridgehead atoms. The largest absolute Gasteiger partial charge is 0.0797 e. The molecule has 2 aliphatic carbocycles. The predicted molar refractivity (Wildman–Crippen MR) is 90.7 cm³/mol. The number of benzene rings is 2. The summed E-state index contributed by atoms with van der Waals surface area (Å²) in [5.74, 6) is 0. The smallest absolute Gasteiger partial charge is 0.0468 e. The van der Waals surface area contributed by atoms with Crippen LogP contribution in [0.2, 0.25) is 0 Å². The van der Waals surface area contributed by atoms with Gasteiger partial charge in [0, 0.05) is 39.1 Å². The first-order chi connectivity index (χ1) is 9.42. The summed E-state index contributed by atoms with van der Waals surface area (Å²) in [5, 5.41) is 0. The van der Waals surface area contributed by atoms with E-state index in [2.05, 4.69) is 72.8 Å². The number of hydrogen-bond donors (Lipinski definition) is 0. The molecule has 0 heterocycles. The maximum atomic E-state index is 2.42. The summed E-state index contributed by atoms with van der Waals surface area (Å²) in [5.41, 5.74) is 7.36. The van der Waals surface area contributed by atoms with Crippen molar-refractivity contribution in [2.45, 2.75) is 11.1 Å². The molecule has 4 rings (SSSR count). The molecule has 0 saturated heterocycles. The van der Waals surface area contributed by atoms with E-state index in [1.807, 2.05) is 0 Å². The van der Waals surface area contributed by atoms with Crippen LogP contribution >= 0.6 is 0 Å². The SMILES string of the molecule is C1=CC([SiH2]C2C=Cc3ccccc32)c2ccccc21.[Na]. The third-order valence-corrected chi connectivity index (χ3v) is 6.75. The molecule has 20 heavy (non-hydrogen) atoms. The molecular formula is C18H16NaSi. The minimum atomic E-state index is -0.227. The molecule has 2 aromatic carbocycles. The molecule has 0 aliphatic heterocycles. The molecule has 2 aromatic rings. The number of hydrogen-bond acceptors (Lipinski definition) is 0. The van der Waals surface area contributed by atoms with Gasteiger partial charge in [-0.2, -0.15) is 0 Å². The van der Waals surface area contributed by atoms with E-state index in [1.165, 1.54) is 11.1 Å². The molecule has 0 N–H and O–H groups in total. The average molecular weight is 283 g/mol. The summed E-state index contributed by atoms with van der Waals surface area (Å²) < 4.78 is 0. The molecule has 0 nitrogen and oxygen atoms in total. The van der Waals surface area contributed by atoms with Crippen LogP contribution in [0.25, 0.3) is 12.2 Å². The Kier molecular flexibility index (Phi) is 4.13. The summed E-state index contributed by atoms with van der Waals surface area (Å²) in [6, 6.07) is 17.7. The Hall–Kier alpha value is -0.863. The van der Waals surface area contributed by atoms with Crippen molar-refractivity contribution in [1.29, 1.82) is 0 Å². The van der Waals surface area contributed by atoms with Gasteiger partial charge in [0.2, 0.25) is 0 Å². The number of allylic oxidation sites excluding steroid dienone is 2. The fraction of sp³-hybridized carbons (Fsp3) is 0.111. The van der Waals surface area contributed by atoms with Crippen LogP contribution in [0.3, 0.4) is 0 Å². The van der Waals surface area contributed by atoms with Crippen LogP contribution in [0.15, 0.2) is 60.7 Å². The normalized spacial score (nSPS) is 22.0. The zero-order valence-electron chi connectivity index (χ0n) is 11.8. The third-order valence-electron chi connectivity index (χ3n) is 4.32. The molecule has 2 aliphatic rings. The molecule has 2 unspecified atom stereocenters. The molecule has 2 atom stereocenters. The van der Waals surface area contributed by atoms with Crippen LogP contribution in [-0.2, 0) is 0 Å². The molecular weight excluding hydrogens is 267 g/mol. The van der Waals surface area contributed by atoms with Crippen molar-refractivity contribution in [3.63, 3.8) is 0 Å². The fourth-order valence-electron chi connectivity index (χ4n) is 3.33. The maximum Gasteiger partial charge on any atom is 0.0468 e. The molecule has 0 fully saturated rings. The zero-order chi connectivity index (χ0) is 12.7. The second-order valence-electron chi connectivity index (χ2n) is 5.42. The van der Waals surface area contributed by atoms with Crippen molar-refractivity contribution in [2.75, 3.05) is 0 Å². The summed E-state index contributed by atoms with van der Waals surface area (Å²) >= 11 is 0. The van der Waals surface area contributed by atoms with Gasteiger partial charge in [-0.05, 0) is 33.3 Å². The van der Waals surface area contributed by atoms with Crippen LogP contribution in [-0.4, -0.2) is 39.1 Å². The van der Waals surface area contributed by atoms with Crippen LogP contribution in [0.1, 0.15) is 33.3 Å². The Bertz CT molecular complexity index is 628. The van der Waals surface area contributed by atoms with E-state index in [0.717, 1.165) is 0 Å². The van der Waals surface area contributed by atoms with Gasteiger partial charge in [0.25, 0.3) is 0 Å². The monoisotopic (exact) mass is 283 g/mol. The van der Waals surface area contributed by atoms with Crippen molar-refractivity contribution in [3.05, 3.63) is 82.9 Å². The van der Waals surface area contributed by atoms with Crippen molar-refractivity contribution in [1.82, 2.24) is 0 Å². The van der Waals surface area contributed by atoms with Gasteiger partial charge in [-0.3, -0.25) is 0 Å². The Labute approximate surface area is 144 Å². The Balaban J connectivity index is 0.00000121. The van der Waals surface area contributed by atoms with Gasteiger partial charge in [-0.1, -0.05) is 72.8 Å². The Morgan fingerprint density at radius 2 is 1.10 bits per heavy atom. The van der Waals surface area contributed by atoms with Gasteiger partial charge < -0.3 is 0 Å². The summed E-state index contributed by atoms with van der Waals surface area (Å²) in [7, 11) is -0.227. The average Bonchev–Trinajstić information content (AvgIpc) is 3.05. The first kappa shape index (κ1) is 14.1. The van der Waals surface area contributed by atoms with Crippen molar-refractivity contribution in [3.8, 4) is 0 Å². The fourth-order valence-corrected chi connectivity index (χ4v) is 5.72. The summed E-state index contributed by atoms with van der Waals surface area (Å²) in [4.78, 5) is 0. The van der Waals surface area contributed by atoms with Crippen molar-refractivity contribution >= 4 is 51.2 Å². The maximum absolute atomic E-state index is 2.42. The molecule has 1 radical (unpaired) electrons. The number of fused-ring (bicyclic) bond motifs is 2. The van der Waals surface area contributed by atoms with E-state index in [-0.39, 0.29) is 39.1 Å². The molecule has 93 valence electrons. The van der Waals surface area contributed by atoms with Crippen LogP contribution in [0, 0.1) is 0 Å². The van der Waals surface area contributed by atoms with Gasteiger partial charge in [0.15, 0.2) is 0 Å². The second kappa shape index (κ2) is 5.86. The van der Waals surface area contributed by atoms with Crippen LogP contribution in [0.5, 0.6) is 0 Å². The molecule has 0 amide bonds. The molecule has 2 heteroatoms. The van der Waals surface area contributed by atoms with Gasteiger partial charge in [0.05, 0.1) is 0 Å². The number of rotatable bonds is 2. The Morgan fingerprint density at radius 1 is 0.650 bits per heavy atom. The van der Waals surface area contributed by atoms with E-state index < -0.39 is 0 Å². The third kappa shape index (κ3) is 2.40. The second-order valence-corrected chi connectivity index (χ2v) is 7.66. The molecule has 0 aromatic heterocycles. The van der Waals surface area contributed by atoms with E-state index in [9.17, 15) is 0 Å². The Morgan fingerprint density at radius 3 is 1.60 bits per heavy atom. The van der Waals surface area contributed by atoms with Gasteiger partial charge in [0.1, 0.15) is 0 Å². The zero-order valence-corrected chi connectivity index (χ0v) is 15.2. The van der Waals surface area contributed by atoms with E-state index in [1.54, 1.807) is 11.1 Å². The van der Waals surface area contributed by atoms with Gasteiger partial charge >= 0.3 is 0 Å². The van der Waals surface area contributed by atoms with Crippen LogP contribution in [0.4, 0.5) is 0 Å². The van der Waals surface area contributed by atoms with Crippen LogP contribution < -0.4 is 0 Å². The predicted octanol–water partition coefficient (Wildman–Crippen LogP) is 3.31. The van der Waals surface area contributed by atoms with Gasteiger partial charge in [-0.15, -0.1) is 0 Å².